The van der Waals surface area contributed by atoms with E-state index in [-0.39, 0.29) is 6.10 Å². The van der Waals surface area contributed by atoms with Gasteiger partial charge in [-0.3, -0.25) is 4.98 Å². The number of aromatic nitrogens is 1. The fraction of sp³-hybridized carbons (Fsp3) is 0.682. The second-order valence-corrected chi connectivity index (χ2v) is 8.75. The van der Waals surface area contributed by atoms with E-state index in [4.69, 9.17) is 29.3 Å². The molecule has 1 atom stereocenters. The van der Waals surface area contributed by atoms with Gasteiger partial charge in [0, 0.05) is 18.4 Å². The quantitative estimate of drug-likeness (QED) is 0.545. The third-order valence-electron chi connectivity index (χ3n) is 5.66. The minimum Gasteiger partial charge on any atom is -0.475 e. The van der Waals surface area contributed by atoms with E-state index < -0.39 is 24.3 Å². The average molecular weight is 532 g/mol. The fourth-order valence-electron chi connectivity index (χ4n) is 3.66. The number of aliphatic carboxylic acids is 2. The van der Waals surface area contributed by atoms with Crippen LogP contribution in [0.1, 0.15) is 38.7 Å². The molecule has 0 radical (unpaired) electrons. The minimum atomic E-state index is -5.08. The summed E-state index contributed by atoms with van der Waals surface area (Å²) in [6, 6.07) is 4.66. The summed E-state index contributed by atoms with van der Waals surface area (Å²) in [4.78, 5) is 24.5. The molecule has 2 saturated heterocycles. The first-order chi connectivity index (χ1) is 16.6. The molecule has 206 valence electrons. The van der Waals surface area contributed by atoms with Crippen molar-refractivity contribution in [3.05, 3.63) is 30.1 Å². The Kier molecular flexibility index (Phi) is 12.1. The van der Waals surface area contributed by atoms with Crippen molar-refractivity contribution in [1.82, 2.24) is 9.88 Å². The first-order valence-electron chi connectivity index (χ1n) is 11.0. The van der Waals surface area contributed by atoms with E-state index in [1.165, 1.54) is 25.9 Å². The van der Waals surface area contributed by atoms with Crippen LogP contribution in [0.3, 0.4) is 0 Å². The summed E-state index contributed by atoms with van der Waals surface area (Å²) in [6.45, 7) is 9.25. The van der Waals surface area contributed by atoms with Gasteiger partial charge in [0.2, 0.25) is 0 Å². The van der Waals surface area contributed by atoms with E-state index in [0.717, 1.165) is 18.6 Å². The van der Waals surface area contributed by atoms with Crippen molar-refractivity contribution in [3.8, 4) is 0 Å². The first kappa shape index (κ1) is 31.6. The molecule has 0 amide bonds. The minimum absolute atomic E-state index is 0.266. The number of pyridine rings is 1. The number of likely N-dealkylation sites (tertiary alicyclic amines) is 1. The van der Waals surface area contributed by atoms with Crippen molar-refractivity contribution in [2.75, 3.05) is 26.3 Å². The number of halogens is 6. The Bertz CT molecular complexity index is 787. The Balaban J connectivity index is 0.000000383. The third kappa shape index (κ3) is 11.5. The molecular weight excluding hydrogens is 502 g/mol. The largest absolute Gasteiger partial charge is 0.490 e. The third-order valence-corrected chi connectivity index (χ3v) is 5.66. The van der Waals surface area contributed by atoms with Gasteiger partial charge < -0.3 is 24.6 Å². The maximum absolute atomic E-state index is 10.6. The molecule has 1 aromatic heterocycles. The molecule has 14 heteroatoms. The summed E-state index contributed by atoms with van der Waals surface area (Å²) in [5, 5.41) is 14.2. The van der Waals surface area contributed by atoms with Crippen LogP contribution in [-0.2, 0) is 25.7 Å². The van der Waals surface area contributed by atoms with Gasteiger partial charge in [0.25, 0.3) is 0 Å². The Morgan fingerprint density at radius 1 is 1.14 bits per heavy atom. The molecule has 1 aromatic rings. The second-order valence-electron chi connectivity index (χ2n) is 8.75. The number of ether oxygens (including phenoxy) is 2. The molecule has 3 rings (SSSR count). The smallest absolute Gasteiger partial charge is 0.475 e. The molecule has 3 heterocycles. The molecule has 2 aliphatic rings. The van der Waals surface area contributed by atoms with Gasteiger partial charge in [0.15, 0.2) is 0 Å². The molecule has 2 aliphatic heterocycles. The van der Waals surface area contributed by atoms with E-state index in [1.807, 2.05) is 18.3 Å². The normalized spacial score (nSPS) is 19.8. The molecule has 2 N–H and O–H groups in total. The van der Waals surface area contributed by atoms with Gasteiger partial charge in [0.1, 0.15) is 0 Å². The predicted octanol–water partition coefficient (Wildman–Crippen LogP) is 4.14. The Morgan fingerprint density at radius 3 is 2.08 bits per heavy atom. The maximum atomic E-state index is 10.6. The highest BCUT2D eigenvalue weighted by Gasteiger charge is 2.42. The van der Waals surface area contributed by atoms with E-state index in [2.05, 4.69) is 23.7 Å². The van der Waals surface area contributed by atoms with Crippen LogP contribution in [0.5, 0.6) is 0 Å². The van der Waals surface area contributed by atoms with E-state index in [9.17, 15) is 26.3 Å². The summed E-state index contributed by atoms with van der Waals surface area (Å²) >= 11 is 0. The Hall–Kier alpha value is -2.45. The van der Waals surface area contributed by atoms with E-state index in [1.54, 1.807) is 6.20 Å². The van der Waals surface area contributed by atoms with Gasteiger partial charge in [0.05, 0.1) is 25.9 Å². The van der Waals surface area contributed by atoms with Crippen molar-refractivity contribution in [2.24, 2.45) is 5.41 Å². The summed E-state index contributed by atoms with van der Waals surface area (Å²) < 4.78 is 75.3. The van der Waals surface area contributed by atoms with Crippen molar-refractivity contribution >= 4 is 11.9 Å². The molecular formula is C22H30F6N2O6. The lowest BCUT2D eigenvalue weighted by Gasteiger charge is -2.40. The van der Waals surface area contributed by atoms with E-state index in [0.29, 0.717) is 24.7 Å². The van der Waals surface area contributed by atoms with Crippen molar-refractivity contribution < 1.29 is 55.6 Å². The highest BCUT2D eigenvalue weighted by molar-refractivity contribution is 5.73. The summed E-state index contributed by atoms with van der Waals surface area (Å²) in [5.74, 6) is -5.51. The molecule has 0 aliphatic carbocycles. The number of carboxylic acids is 2. The Labute approximate surface area is 204 Å². The molecule has 36 heavy (non-hydrogen) atoms. The van der Waals surface area contributed by atoms with Crippen LogP contribution < -0.4 is 0 Å². The summed E-state index contributed by atoms with van der Waals surface area (Å²) in [7, 11) is 0. The van der Waals surface area contributed by atoms with Crippen molar-refractivity contribution in [1.29, 1.82) is 0 Å². The van der Waals surface area contributed by atoms with Crippen molar-refractivity contribution in [3.63, 3.8) is 0 Å². The molecule has 0 saturated carbocycles. The van der Waals surface area contributed by atoms with Gasteiger partial charge in [-0.25, -0.2) is 9.59 Å². The highest BCUT2D eigenvalue weighted by atomic mass is 19.4. The zero-order chi connectivity index (χ0) is 27.6. The lowest BCUT2D eigenvalue weighted by molar-refractivity contribution is -0.193. The van der Waals surface area contributed by atoms with Gasteiger partial charge in [-0.2, -0.15) is 26.3 Å². The molecule has 1 spiro atoms. The molecule has 0 bridgehead atoms. The van der Waals surface area contributed by atoms with Crippen molar-refractivity contribution in [2.45, 2.75) is 64.2 Å². The van der Waals surface area contributed by atoms with Gasteiger partial charge in [-0.05, 0) is 63.2 Å². The molecule has 0 aromatic carbocycles. The molecule has 1 unspecified atom stereocenters. The fourth-order valence-corrected chi connectivity index (χ4v) is 3.66. The van der Waals surface area contributed by atoms with Crippen LogP contribution >= 0.6 is 0 Å². The first-order valence-corrected chi connectivity index (χ1v) is 11.0. The van der Waals surface area contributed by atoms with Gasteiger partial charge >= 0.3 is 24.3 Å². The van der Waals surface area contributed by atoms with Crippen LogP contribution in [0, 0.1) is 5.41 Å². The standard InChI is InChI=1S/C18H28N2O2.2C2HF3O2/c1-15(2)20-8-5-18(6-9-20)10-17(22-14-18)13-21-12-16-4-3-7-19-11-16;2*3-2(4,5)1(6)7/h3-4,7,11,15,17H,5-6,8-10,12-14H2,1-2H3;2*(H,6,7). The maximum Gasteiger partial charge on any atom is 0.490 e. The lowest BCUT2D eigenvalue weighted by Crippen LogP contribution is -2.43. The number of hydrogen-bond acceptors (Lipinski definition) is 6. The zero-order valence-electron chi connectivity index (χ0n) is 19.8. The average Bonchev–Trinajstić information content (AvgIpc) is 3.16. The van der Waals surface area contributed by atoms with E-state index >= 15 is 0 Å². The second kappa shape index (κ2) is 13.7. The monoisotopic (exact) mass is 532 g/mol. The van der Waals surface area contributed by atoms with Gasteiger partial charge in [-0.1, -0.05) is 6.07 Å². The summed E-state index contributed by atoms with van der Waals surface area (Å²) in [5.41, 5.74) is 1.54. The van der Waals surface area contributed by atoms with Crippen LogP contribution in [0.25, 0.3) is 0 Å². The molecule has 2 fully saturated rings. The zero-order valence-corrected chi connectivity index (χ0v) is 19.8. The topological polar surface area (TPSA) is 109 Å². The number of carboxylic acid groups (broad SMARTS) is 2. The number of nitrogens with zero attached hydrogens (tertiary/aromatic N) is 2. The number of rotatable bonds is 5. The highest BCUT2D eigenvalue weighted by Crippen LogP contribution is 2.42. The van der Waals surface area contributed by atoms with Gasteiger partial charge in [-0.15, -0.1) is 0 Å². The predicted molar refractivity (Wildman–Crippen MR) is 114 cm³/mol. The van der Waals surface area contributed by atoms with Crippen LogP contribution in [-0.4, -0.2) is 82.8 Å². The van der Waals surface area contributed by atoms with Crippen LogP contribution in [0.15, 0.2) is 24.5 Å². The number of carbonyl (C=O) groups is 2. The van der Waals surface area contributed by atoms with Crippen LogP contribution in [0.4, 0.5) is 26.3 Å². The number of alkyl halides is 6. The SMILES string of the molecule is CC(C)N1CCC2(CC1)COC(COCc1cccnc1)C2.O=C(O)C(F)(F)F.O=C(O)C(F)(F)F. The van der Waals surface area contributed by atoms with Crippen LogP contribution in [0.2, 0.25) is 0 Å². The number of hydrogen-bond donors (Lipinski definition) is 2. The number of piperidine rings is 1. The molecule has 8 nitrogen and oxygen atoms in total. The lowest BCUT2D eigenvalue weighted by atomic mass is 9.76. The summed E-state index contributed by atoms with van der Waals surface area (Å²) in [6.07, 6.45) is -2.56. The Morgan fingerprint density at radius 2 is 1.67 bits per heavy atom.